The number of rotatable bonds is 8. The summed E-state index contributed by atoms with van der Waals surface area (Å²) in [4.78, 5) is 10.6. The fourth-order valence-corrected chi connectivity index (χ4v) is 6.24. The topological polar surface area (TPSA) is 61.4 Å². The van der Waals surface area contributed by atoms with Gasteiger partial charge in [-0.05, 0) is 81.3 Å². The second-order valence-corrected chi connectivity index (χ2v) is 10.3. The molecule has 1 fully saturated rings. The van der Waals surface area contributed by atoms with E-state index in [9.17, 15) is 5.11 Å². The molecule has 0 amide bonds. The van der Waals surface area contributed by atoms with Gasteiger partial charge in [0.05, 0.1) is 18.2 Å². The van der Waals surface area contributed by atoms with Crippen LogP contribution in [0.15, 0.2) is 36.4 Å². The zero-order valence-electron chi connectivity index (χ0n) is 20.2. The van der Waals surface area contributed by atoms with Gasteiger partial charge in [-0.15, -0.1) is 0 Å². The maximum atomic E-state index is 11.7. The molecule has 1 heterocycles. The van der Waals surface area contributed by atoms with Gasteiger partial charge in [-0.25, -0.2) is 4.98 Å². The first-order valence-corrected chi connectivity index (χ1v) is 12.5. The van der Waals surface area contributed by atoms with Gasteiger partial charge >= 0.3 is 0 Å². The number of ether oxygens (including phenoxy) is 1. The van der Waals surface area contributed by atoms with E-state index in [1.807, 2.05) is 6.07 Å². The van der Waals surface area contributed by atoms with Crippen LogP contribution >= 0.6 is 0 Å². The number of benzene rings is 2. The van der Waals surface area contributed by atoms with E-state index in [0.29, 0.717) is 5.92 Å². The number of aryl methyl sites for hydroxylation is 2. The second kappa shape index (κ2) is 9.11. The Balaban J connectivity index is 1.18. The molecule has 6 rings (SSSR count). The van der Waals surface area contributed by atoms with Crippen LogP contribution in [0, 0.1) is 6.92 Å². The van der Waals surface area contributed by atoms with Crippen LogP contribution < -0.4 is 4.74 Å². The molecule has 0 spiro atoms. The van der Waals surface area contributed by atoms with Crippen molar-refractivity contribution in [3.63, 3.8) is 0 Å². The van der Waals surface area contributed by atoms with Crippen molar-refractivity contribution in [1.82, 2.24) is 14.9 Å². The van der Waals surface area contributed by atoms with E-state index in [2.05, 4.69) is 54.2 Å². The Bertz CT molecular complexity index is 1120. The molecule has 3 aromatic rings. The van der Waals surface area contributed by atoms with Crippen LogP contribution in [0.25, 0.3) is 11.0 Å². The van der Waals surface area contributed by atoms with Crippen molar-refractivity contribution in [2.75, 3.05) is 27.2 Å². The van der Waals surface area contributed by atoms with Crippen LogP contribution in [0.1, 0.15) is 72.9 Å². The lowest BCUT2D eigenvalue weighted by atomic mass is 9.67. The second-order valence-electron chi connectivity index (χ2n) is 10.3. The monoisotopic (exact) mass is 447 g/mol. The van der Waals surface area contributed by atoms with Gasteiger partial charge in [0, 0.05) is 18.9 Å². The van der Waals surface area contributed by atoms with Gasteiger partial charge in [-0.2, -0.15) is 0 Å². The number of hydrogen-bond donors (Lipinski definition) is 2. The number of H-pyrrole nitrogens is 1. The third kappa shape index (κ3) is 4.29. The first-order valence-electron chi connectivity index (χ1n) is 12.5. The van der Waals surface area contributed by atoms with Crippen molar-refractivity contribution in [2.24, 2.45) is 0 Å². The number of aromatic amines is 1. The summed E-state index contributed by atoms with van der Waals surface area (Å²) in [6.45, 7) is 4.02. The predicted molar refractivity (Wildman–Crippen MR) is 133 cm³/mol. The number of aromatic nitrogens is 2. The molecule has 2 aromatic carbocycles. The molecule has 0 unspecified atom stereocenters. The average Bonchev–Trinajstić information content (AvgIpc) is 3.07. The normalized spacial score (nSPS) is 24.3. The average molecular weight is 448 g/mol. The molecular weight excluding hydrogens is 410 g/mol. The van der Waals surface area contributed by atoms with Crippen LogP contribution in [-0.2, 0) is 6.42 Å². The molecule has 3 aliphatic carbocycles. The van der Waals surface area contributed by atoms with Crippen LogP contribution in [-0.4, -0.2) is 52.8 Å². The van der Waals surface area contributed by atoms with Gasteiger partial charge in [-0.3, -0.25) is 0 Å². The number of aliphatic hydroxyl groups is 1. The molecule has 1 aromatic heterocycles. The molecule has 3 aliphatic rings. The molecular formula is C28H37N3O2. The lowest BCUT2D eigenvalue weighted by molar-refractivity contribution is -0.0194. The van der Waals surface area contributed by atoms with E-state index >= 15 is 0 Å². The van der Waals surface area contributed by atoms with Gasteiger partial charge in [0.1, 0.15) is 17.1 Å². The Labute approximate surface area is 197 Å². The highest BCUT2D eigenvalue weighted by molar-refractivity contribution is 5.84. The molecule has 33 heavy (non-hydrogen) atoms. The minimum Gasteiger partial charge on any atom is -0.494 e. The standard InChI is InChI=1S/C28H37N3O2/c1-19-13-14-24(33-3)27-26(19)29-25(30-27)12-7-16-31(2)17-15-28(32)18-20-8-6-11-23(28)22-10-5-4-9-21(20)22/h4-5,9-10,13-14,20,23,32H,6-8,11-12,15-18H2,1-3H3,(H,29,30)/t20-,23-,28+/m1/s1. The van der Waals surface area contributed by atoms with Gasteiger partial charge < -0.3 is 19.7 Å². The Morgan fingerprint density at radius 2 is 1.97 bits per heavy atom. The Kier molecular flexibility index (Phi) is 6.19. The first-order chi connectivity index (χ1) is 16.0. The van der Waals surface area contributed by atoms with Crippen LogP contribution in [0.2, 0.25) is 0 Å². The van der Waals surface area contributed by atoms with Crippen LogP contribution in [0.5, 0.6) is 5.75 Å². The van der Waals surface area contributed by atoms with Gasteiger partial charge in [0.2, 0.25) is 0 Å². The summed E-state index contributed by atoms with van der Waals surface area (Å²) in [7, 11) is 3.87. The summed E-state index contributed by atoms with van der Waals surface area (Å²) in [5, 5.41) is 11.7. The van der Waals surface area contributed by atoms with E-state index in [0.717, 1.165) is 67.8 Å². The van der Waals surface area contributed by atoms with E-state index in [1.54, 1.807) is 7.11 Å². The number of nitrogens with one attached hydrogen (secondary N) is 1. The molecule has 1 saturated carbocycles. The number of imidazole rings is 1. The van der Waals surface area contributed by atoms with Gasteiger partial charge in [0.25, 0.3) is 0 Å². The number of nitrogens with zero attached hydrogens (tertiary/aromatic N) is 2. The summed E-state index contributed by atoms with van der Waals surface area (Å²) in [5.74, 6) is 2.64. The van der Waals surface area contributed by atoms with Crippen molar-refractivity contribution in [3.05, 3.63) is 58.9 Å². The van der Waals surface area contributed by atoms with Crippen molar-refractivity contribution < 1.29 is 9.84 Å². The Morgan fingerprint density at radius 1 is 1.15 bits per heavy atom. The van der Waals surface area contributed by atoms with Crippen molar-refractivity contribution in [3.8, 4) is 5.75 Å². The number of fused-ring (bicyclic) bond motifs is 4. The molecule has 2 bridgehead atoms. The molecule has 3 atom stereocenters. The number of hydrogen-bond acceptors (Lipinski definition) is 4. The smallest absolute Gasteiger partial charge is 0.146 e. The highest BCUT2D eigenvalue weighted by Gasteiger charge is 2.46. The minimum absolute atomic E-state index is 0.287. The van der Waals surface area contributed by atoms with E-state index in [-0.39, 0.29) is 5.92 Å². The summed E-state index contributed by atoms with van der Waals surface area (Å²) >= 11 is 0. The van der Waals surface area contributed by atoms with Crippen LogP contribution in [0.3, 0.4) is 0 Å². The minimum atomic E-state index is -0.573. The summed E-state index contributed by atoms with van der Waals surface area (Å²) in [6, 6.07) is 12.9. The third-order valence-corrected chi connectivity index (χ3v) is 8.07. The summed E-state index contributed by atoms with van der Waals surface area (Å²) in [5.41, 5.74) is 5.52. The van der Waals surface area contributed by atoms with Crippen molar-refractivity contribution in [2.45, 2.75) is 69.3 Å². The zero-order valence-corrected chi connectivity index (χ0v) is 20.2. The Hall–Kier alpha value is -2.37. The summed E-state index contributed by atoms with van der Waals surface area (Å²) in [6.07, 6.45) is 7.26. The van der Waals surface area contributed by atoms with E-state index in [4.69, 9.17) is 9.72 Å². The molecule has 0 aliphatic heterocycles. The lowest BCUT2D eigenvalue weighted by Crippen LogP contribution is -2.43. The zero-order chi connectivity index (χ0) is 23.0. The predicted octanol–water partition coefficient (Wildman–Crippen LogP) is 5.32. The first kappa shape index (κ1) is 22.4. The van der Waals surface area contributed by atoms with Crippen molar-refractivity contribution >= 4 is 11.0 Å². The Morgan fingerprint density at radius 3 is 2.79 bits per heavy atom. The SMILES string of the molecule is COc1ccc(C)c2[nH]c(CCCN(C)CC[C@]3(O)C[C@H]4CCC[C@@H]3c3ccccc34)nc12. The maximum absolute atomic E-state index is 11.7. The largest absolute Gasteiger partial charge is 0.494 e. The quantitative estimate of drug-likeness (QED) is 0.491. The van der Waals surface area contributed by atoms with E-state index in [1.165, 1.54) is 29.5 Å². The van der Waals surface area contributed by atoms with Crippen LogP contribution in [0.4, 0.5) is 0 Å². The highest BCUT2D eigenvalue weighted by Crippen LogP contribution is 2.53. The highest BCUT2D eigenvalue weighted by atomic mass is 16.5. The molecule has 0 radical (unpaired) electrons. The van der Waals surface area contributed by atoms with Gasteiger partial charge in [0.15, 0.2) is 0 Å². The fraction of sp³-hybridized carbons (Fsp3) is 0.536. The van der Waals surface area contributed by atoms with E-state index < -0.39 is 5.60 Å². The molecule has 176 valence electrons. The lowest BCUT2D eigenvalue weighted by Gasteiger charge is -2.43. The molecule has 5 nitrogen and oxygen atoms in total. The molecule has 2 N–H and O–H groups in total. The van der Waals surface area contributed by atoms with Crippen molar-refractivity contribution in [1.29, 1.82) is 0 Å². The molecule has 0 saturated heterocycles. The number of methoxy groups -OCH3 is 1. The summed E-state index contributed by atoms with van der Waals surface area (Å²) < 4.78 is 5.47. The fourth-order valence-electron chi connectivity index (χ4n) is 6.24. The van der Waals surface area contributed by atoms with Gasteiger partial charge in [-0.1, -0.05) is 36.8 Å². The maximum Gasteiger partial charge on any atom is 0.146 e. The molecule has 5 heteroatoms. The third-order valence-electron chi connectivity index (χ3n) is 8.07.